The Bertz CT molecular complexity index is 751. The average Bonchev–Trinajstić information content (AvgIpc) is 2.97. The van der Waals surface area contributed by atoms with Crippen LogP contribution in [0.25, 0.3) is 5.52 Å². The van der Waals surface area contributed by atoms with Crippen molar-refractivity contribution in [2.45, 2.75) is 13.0 Å². The van der Waals surface area contributed by atoms with Crippen LogP contribution < -0.4 is 10.6 Å². The lowest BCUT2D eigenvalue weighted by Gasteiger charge is -2.07. The molecule has 22 heavy (non-hydrogen) atoms. The van der Waals surface area contributed by atoms with Crippen molar-refractivity contribution in [3.8, 4) is 0 Å². The van der Waals surface area contributed by atoms with Gasteiger partial charge >= 0.3 is 6.03 Å². The maximum Gasteiger partial charge on any atom is 0.315 e. The van der Waals surface area contributed by atoms with Crippen LogP contribution in [-0.4, -0.2) is 22.0 Å². The minimum atomic E-state index is -0.162. The van der Waals surface area contributed by atoms with Gasteiger partial charge in [-0.2, -0.15) is 0 Å². The average molecular weight is 294 g/mol. The van der Waals surface area contributed by atoms with Crippen LogP contribution >= 0.6 is 0 Å². The van der Waals surface area contributed by atoms with Crippen LogP contribution in [0.15, 0.2) is 60.9 Å². The fourth-order valence-electron chi connectivity index (χ4n) is 2.31. The molecule has 2 N–H and O–H groups in total. The first-order valence-corrected chi connectivity index (χ1v) is 7.29. The molecule has 0 aliphatic heterocycles. The highest BCUT2D eigenvalue weighted by Crippen LogP contribution is 2.06. The summed E-state index contributed by atoms with van der Waals surface area (Å²) in [7, 11) is 0. The van der Waals surface area contributed by atoms with E-state index >= 15 is 0 Å². The number of hydrogen-bond donors (Lipinski definition) is 2. The quantitative estimate of drug-likeness (QED) is 0.759. The van der Waals surface area contributed by atoms with E-state index < -0.39 is 0 Å². The molecule has 5 nitrogen and oxygen atoms in total. The normalized spacial score (nSPS) is 10.5. The van der Waals surface area contributed by atoms with Gasteiger partial charge in [-0.3, -0.25) is 0 Å². The molecule has 0 spiro atoms. The molecular weight excluding hydrogens is 276 g/mol. The first-order valence-electron chi connectivity index (χ1n) is 7.29. The van der Waals surface area contributed by atoms with Gasteiger partial charge in [0.2, 0.25) is 0 Å². The van der Waals surface area contributed by atoms with Crippen LogP contribution in [0.3, 0.4) is 0 Å². The zero-order valence-corrected chi connectivity index (χ0v) is 12.2. The molecule has 0 radical (unpaired) electrons. The molecule has 0 fully saturated rings. The van der Waals surface area contributed by atoms with E-state index in [-0.39, 0.29) is 6.03 Å². The Morgan fingerprint density at radius 2 is 1.86 bits per heavy atom. The highest BCUT2D eigenvalue weighted by Gasteiger charge is 2.04. The minimum absolute atomic E-state index is 0.162. The Hall–Kier alpha value is -2.82. The van der Waals surface area contributed by atoms with Crippen LogP contribution in [0.5, 0.6) is 0 Å². The van der Waals surface area contributed by atoms with Gasteiger partial charge in [-0.1, -0.05) is 36.4 Å². The molecule has 5 heteroatoms. The molecule has 2 aromatic heterocycles. The number of carbonyl (C=O) groups is 1. The third kappa shape index (κ3) is 3.44. The summed E-state index contributed by atoms with van der Waals surface area (Å²) >= 11 is 0. The smallest absolute Gasteiger partial charge is 0.315 e. The number of imidazole rings is 1. The van der Waals surface area contributed by atoms with Crippen LogP contribution in [-0.2, 0) is 13.0 Å². The van der Waals surface area contributed by atoms with Gasteiger partial charge in [-0.25, -0.2) is 9.78 Å². The summed E-state index contributed by atoms with van der Waals surface area (Å²) in [6, 6.07) is 15.6. The van der Waals surface area contributed by atoms with Gasteiger partial charge in [-0.05, 0) is 17.7 Å². The number of benzene rings is 1. The molecule has 0 saturated carbocycles. The largest absolute Gasteiger partial charge is 0.338 e. The second-order valence-corrected chi connectivity index (χ2v) is 5.01. The molecule has 3 aromatic rings. The van der Waals surface area contributed by atoms with Crippen molar-refractivity contribution in [1.82, 2.24) is 20.0 Å². The van der Waals surface area contributed by atoms with Gasteiger partial charge in [0.1, 0.15) is 5.82 Å². The predicted octanol–water partition coefficient (Wildman–Crippen LogP) is 2.38. The van der Waals surface area contributed by atoms with E-state index in [9.17, 15) is 4.79 Å². The van der Waals surface area contributed by atoms with Crippen molar-refractivity contribution in [2.75, 3.05) is 6.54 Å². The lowest BCUT2D eigenvalue weighted by atomic mass is 10.2. The topological polar surface area (TPSA) is 58.4 Å². The third-order valence-corrected chi connectivity index (χ3v) is 3.45. The Kier molecular flexibility index (Phi) is 4.34. The van der Waals surface area contributed by atoms with E-state index in [0.717, 1.165) is 16.9 Å². The number of pyridine rings is 1. The number of carbonyl (C=O) groups excluding carboxylic acids is 1. The van der Waals surface area contributed by atoms with Crippen molar-refractivity contribution >= 4 is 11.5 Å². The highest BCUT2D eigenvalue weighted by molar-refractivity contribution is 5.73. The van der Waals surface area contributed by atoms with Gasteiger partial charge in [0.15, 0.2) is 0 Å². The molecular formula is C17H18N4O. The predicted molar refractivity (Wildman–Crippen MR) is 85.6 cm³/mol. The number of rotatable bonds is 5. The van der Waals surface area contributed by atoms with Crippen LogP contribution in [0.4, 0.5) is 4.79 Å². The van der Waals surface area contributed by atoms with E-state index in [4.69, 9.17) is 0 Å². The fourth-order valence-corrected chi connectivity index (χ4v) is 2.31. The molecule has 112 valence electrons. The summed E-state index contributed by atoms with van der Waals surface area (Å²) in [6.07, 6.45) is 4.51. The van der Waals surface area contributed by atoms with Crippen LogP contribution in [0, 0.1) is 0 Å². The number of nitrogens with zero attached hydrogens (tertiary/aromatic N) is 2. The Morgan fingerprint density at radius 1 is 1.05 bits per heavy atom. The summed E-state index contributed by atoms with van der Waals surface area (Å²) < 4.78 is 2.03. The molecule has 0 aliphatic rings. The Labute approximate surface area is 129 Å². The maximum absolute atomic E-state index is 11.8. The highest BCUT2D eigenvalue weighted by atomic mass is 16.2. The summed E-state index contributed by atoms with van der Waals surface area (Å²) in [4.78, 5) is 16.1. The van der Waals surface area contributed by atoms with Gasteiger partial charge in [0.05, 0.1) is 11.7 Å². The van der Waals surface area contributed by atoms with E-state index in [0.29, 0.717) is 19.5 Å². The molecule has 0 unspecified atom stereocenters. The van der Waals surface area contributed by atoms with E-state index in [1.807, 2.05) is 65.3 Å². The number of amides is 2. The summed E-state index contributed by atoms with van der Waals surface area (Å²) in [5, 5.41) is 5.69. The lowest BCUT2D eigenvalue weighted by Crippen LogP contribution is -2.36. The summed E-state index contributed by atoms with van der Waals surface area (Å²) in [5.74, 6) is 0.943. The molecule has 2 amide bonds. The van der Waals surface area contributed by atoms with Crippen LogP contribution in [0.1, 0.15) is 11.4 Å². The van der Waals surface area contributed by atoms with Gasteiger partial charge in [0, 0.05) is 25.7 Å². The van der Waals surface area contributed by atoms with Crippen molar-refractivity contribution in [3.63, 3.8) is 0 Å². The number of aromatic nitrogens is 2. The van der Waals surface area contributed by atoms with Crippen molar-refractivity contribution < 1.29 is 4.79 Å². The molecule has 3 rings (SSSR count). The van der Waals surface area contributed by atoms with Crippen LogP contribution in [0.2, 0.25) is 0 Å². The molecule has 0 atom stereocenters. The summed E-state index contributed by atoms with van der Waals surface area (Å²) in [5.41, 5.74) is 2.14. The first kappa shape index (κ1) is 14.1. The van der Waals surface area contributed by atoms with E-state index in [1.54, 1.807) is 0 Å². The fraction of sp³-hybridized carbons (Fsp3) is 0.176. The number of hydrogen-bond acceptors (Lipinski definition) is 2. The third-order valence-electron chi connectivity index (χ3n) is 3.45. The number of fused-ring (bicyclic) bond motifs is 1. The minimum Gasteiger partial charge on any atom is -0.338 e. The van der Waals surface area contributed by atoms with E-state index in [1.165, 1.54) is 0 Å². The number of urea groups is 1. The Morgan fingerprint density at radius 3 is 2.73 bits per heavy atom. The number of nitrogens with one attached hydrogen (secondary N) is 2. The van der Waals surface area contributed by atoms with Gasteiger partial charge < -0.3 is 15.0 Å². The zero-order valence-electron chi connectivity index (χ0n) is 12.2. The van der Waals surface area contributed by atoms with E-state index in [2.05, 4.69) is 15.6 Å². The monoisotopic (exact) mass is 294 g/mol. The molecule has 0 bridgehead atoms. The second kappa shape index (κ2) is 6.76. The first-order chi connectivity index (χ1) is 10.8. The zero-order chi connectivity index (χ0) is 15.2. The molecule has 0 saturated heterocycles. The SMILES string of the molecule is O=C(NCCc1ncc2ccccn12)NCc1ccccc1. The van der Waals surface area contributed by atoms with Crippen molar-refractivity contribution in [3.05, 3.63) is 72.3 Å². The molecule has 0 aliphatic carbocycles. The molecule has 1 aromatic carbocycles. The standard InChI is InChI=1S/C17H18N4O/c22-17(20-12-14-6-2-1-3-7-14)18-10-9-16-19-13-15-8-4-5-11-21(15)16/h1-8,11,13H,9-10,12H2,(H2,18,20,22). The van der Waals surface area contributed by atoms with Crippen molar-refractivity contribution in [1.29, 1.82) is 0 Å². The Balaban J connectivity index is 1.45. The van der Waals surface area contributed by atoms with Gasteiger partial charge in [-0.15, -0.1) is 0 Å². The second-order valence-electron chi connectivity index (χ2n) is 5.01. The van der Waals surface area contributed by atoms with Gasteiger partial charge in [0.25, 0.3) is 0 Å². The van der Waals surface area contributed by atoms with Crippen molar-refractivity contribution in [2.24, 2.45) is 0 Å². The lowest BCUT2D eigenvalue weighted by molar-refractivity contribution is 0.240. The molecule has 2 heterocycles. The summed E-state index contributed by atoms with van der Waals surface area (Å²) in [6.45, 7) is 1.08. The maximum atomic E-state index is 11.8.